The SMILES string of the molecule is O=C(Cc1c(F)cccc1Cl)N1CCCC2(CCc3cn[nH]c32)C1. The predicted molar refractivity (Wildman–Crippen MR) is 89.5 cm³/mol. The van der Waals surface area contributed by atoms with Gasteiger partial charge in [-0.3, -0.25) is 9.89 Å². The molecule has 4 rings (SSSR count). The first-order chi connectivity index (χ1) is 11.6. The smallest absolute Gasteiger partial charge is 0.227 e. The first kappa shape index (κ1) is 15.6. The van der Waals surface area contributed by atoms with E-state index in [-0.39, 0.29) is 23.3 Å². The largest absolute Gasteiger partial charge is 0.341 e. The Labute approximate surface area is 145 Å². The molecule has 1 atom stereocenters. The number of halogens is 2. The van der Waals surface area contributed by atoms with Crippen LogP contribution >= 0.6 is 11.6 Å². The number of carbonyl (C=O) groups is 1. The van der Waals surface area contributed by atoms with E-state index in [1.807, 2.05) is 11.1 Å². The number of aryl methyl sites for hydroxylation is 1. The molecule has 2 aliphatic rings. The lowest BCUT2D eigenvalue weighted by atomic mass is 9.77. The number of H-pyrrole nitrogens is 1. The fourth-order valence-electron chi connectivity index (χ4n) is 4.18. The second-order valence-corrected chi connectivity index (χ2v) is 7.25. The minimum Gasteiger partial charge on any atom is -0.341 e. The van der Waals surface area contributed by atoms with Crippen molar-refractivity contribution in [2.45, 2.75) is 37.5 Å². The summed E-state index contributed by atoms with van der Waals surface area (Å²) in [5.41, 5.74) is 2.72. The Kier molecular flexibility index (Phi) is 3.83. The number of amides is 1. The summed E-state index contributed by atoms with van der Waals surface area (Å²) >= 11 is 6.06. The zero-order valence-electron chi connectivity index (χ0n) is 13.3. The summed E-state index contributed by atoms with van der Waals surface area (Å²) in [6.07, 6.45) is 5.97. The second-order valence-electron chi connectivity index (χ2n) is 6.85. The summed E-state index contributed by atoms with van der Waals surface area (Å²) in [6, 6.07) is 4.53. The van der Waals surface area contributed by atoms with Gasteiger partial charge in [-0.1, -0.05) is 17.7 Å². The number of nitrogens with zero attached hydrogens (tertiary/aromatic N) is 2. The molecule has 6 heteroatoms. The highest BCUT2D eigenvalue weighted by molar-refractivity contribution is 6.31. The summed E-state index contributed by atoms with van der Waals surface area (Å²) in [5.74, 6) is -0.478. The quantitative estimate of drug-likeness (QED) is 0.906. The van der Waals surface area contributed by atoms with Crippen LogP contribution in [0.2, 0.25) is 5.02 Å². The van der Waals surface area contributed by atoms with Crippen molar-refractivity contribution in [2.75, 3.05) is 13.1 Å². The molecule has 2 heterocycles. The molecule has 2 aromatic rings. The average Bonchev–Trinajstić information content (AvgIpc) is 3.16. The molecule has 126 valence electrons. The van der Waals surface area contributed by atoms with E-state index in [1.165, 1.54) is 17.3 Å². The van der Waals surface area contributed by atoms with Crippen molar-refractivity contribution in [1.82, 2.24) is 15.1 Å². The summed E-state index contributed by atoms with van der Waals surface area (Å²) in [6.45, 7) is 1.39. The molecule has 24 heavy (non-hydrogen) atoms. The standard InChI is InChI=1S/C18H19ClFN3O/c19-14-3-1-4-15(20)13(14)9-16(24)23-8-2-6-18(11-23)7-5-12-10-21-22-17(12)18/h1,3-4,10H,2,5-9,11H2,(H,21,22). The van der Waals surface area contributed by atoms with E-state index < -0.39 is 5.82 Å². The number of hydrogen-bond donors (Lipinski definition) is 1. The van der Waals surface area contributed by atoms with Gasteiger partial charge in [0, 0.05) is 34.8 Å². The summed E-state index contributed by atoms with van der Waals surface area (Å²) in [4.78, 5) is 14.6. The third kappa shape index (κ3) is 2.51. The van der Waals surface area contributed by atoms with Crippen LogP contribution in [-0.4, -0.2) is 34.1 Å². The molecule has 1 unspecified atom stereocenters. The second kappa shape index (κ2) is 5.88. The summed E-state index contributed by atoms with van der Waals surface area (Å²) in [5, 5.41) is 7.61. The van der Waals surface area contributed by atoms with Crippen molar-refractivity contribution in [1.29, 1.82) is 0 Å². The van der Waals surface area contributed by atoms with E-state index in [0.717, 1.165) is 32.2 Å². The Bertz CT molecular complexity index is 770. The monoisotopic (exact) mass is 347 g/mol. The highest BCUT2D eigenvalue weighted by atomic mass is 35.5. The van der Waals surface area contributed by atoms with Gasteiger partial charge in [-0.15, -0.1) is 0 Å². The van der Waals surface area contributed by atoms with E-state index in [1.54, 1.807) is 12.1 Å². The third-order valence-corrected chi connectivity index (χ3v) is 5.79. The number of fused-ring (bicyclic) bond motifs is 2. The number of carbonyl (C=O) groups excluding carboxylic acids is 1. The highest BCUT2D eigenvalue weighted by Crippen LogP contribution is 2.43. The lowest BCUT2D eigenvalue weighted by Crippen LogP contribution is -2.48. The van der Waals surface area contributed by atoms with E-state index in [0.29, 0.717) is 11.6 Å². The maximum atomic E-state index is 14.0. The molecular formula is C18H19ClFN3O. The minimum absolute atomic E-state index is 0.0113. The predicted octanol–water partition coefficient (Wildman–Crippen LogP) is 3.25. The number of nitrogens with one attached hydrogen (secondary N) is 1. The first-order valence-corrected chi connectivity index (χ1v) is 8.70. The minimum atomic E-state index is -0.417. The van der Waals surface area contributed by atoms with Gasteiger partial charge in [0.2, 0.25) is 5.91 Å². The fourth-order valence-corrected chi connectivity index (χ4v) is 4.41. The van der Waals surface area contributed by atoms with Crippen LogP contribution in [0.4, 0.5) is 4.39 Å². The van der Waals surface area contributed by atoms with Crippen LogP contribution in [0.3, 0.4) is 0 Å². The van der Waals surface area contributed by atoms with Crippen molar-refractivity contribution < 1.29 is 9.18 Å². The number of likely N-dealkylation sites (tertiary alicyclic amines) is 1. The Hall–Kier alpha value is -1.88. The molecule has 0 radical (unpaired) electrons. The number of rotatable bonds is 2. The van der Waals surface area contributed by atoms with Gasteiger partial charge in [-0.05, 0) is 43.4 Å². The maximum Gasteiger partial charge on any atom is 0.227 e. The lowest BCUT2D eigenvalue weighted by molar-refractivity contribution is -0.132. The summed E-state index contributed by atoms with van der Waals surface area (Å²) in [7, 11) is 0. The first-order valence-electron chi connectivity index (χ1n) is 8.32. The number of aromatic nitrogens is 2. The molecule has 4 nitrogen and oxygen atoms in total. The Balaban J connectivity index is 1.54. The van der Waals surface area contributed by atoms with Gasteiger partial charge in [0.15, 0.2) is 0 Å². The molecule has 1 aromatic carbocycles. The molecule has 1 aromatic heterocycles. The van der Waals surface area contributed by atoms with Gasteiger partial charge >= 0.3 is 0 Å². The Morgan fingerprint density at radius 3 is 3.12 bits per heavy atom. The van der Waals surface area contributed by atoms with Gasteiger partial charge in [-0.25, -0.2) is 4.39 Å². The van der Waals surface area contributed by atoms with E-state index in [2.05, 4.69) is 10.2 Å². The van der Waals surface area contributed by atoms with E-state index >= 15 is 0 Å². The van der Waals surface area contributed by atoms with Gasteiger partial charge in [0.1, 0.15) is 5.82 Å². The van der Waals surface area contributed by atoms with Crippen molar-refractivity contribution in [3.05, 3.63) is 52.1 Å². The maximum absolute atomic E-state index is 14.0. The molecule has 1 fully saturated rings. The van der Waals surface area contributed by atoms with E-state index in [4.69, 9.17) is 11.6 Å². The number of aromatic amines is 1. The summed E-state index contributed by atoms with van der Waals surface area (Å²) < 4.78 is 14.0. The lowest BCUT2D eigenvalue weighted by Gasteiger charge is -2.40. The fraction of sp³-hybridized carbons (Fsp3) is 0.444. The average molecular weight is 348 g/mol. The zero-order chi connectivity index (χ0) is 16.7. The molecule has 0 bridgehead atoms. The van der Waals surface area contributed by atoms with Gasteiger partial charge in [0.25, 0.3) is 0 Å². The number of hydrogen-bond acceptors (Lipinski definition) is 2. The van der Waals surface area contributed by atoms with Crippen LogP contribution in [-0.2, 0) is 23.1 Å². The van der Waals surface area contributed by atoms with Crippen LogP contribution in [0.1, 0.15) is 36.1 Å². The van der Waals surface area contributed by atoms with Crippen LogP contribution in [0.5, 0.6) is 0 Å². The highest BCUT2D eigenvalue weighted by Gasteiger charge is 2.44. The normalized spacial score (nSPS) is 22.8. The molecule has 1 spiro atoms. The molecular weight excluding hydrogens is 329 g/mol. The number of piperidine rings is 1. The van der Waals surface area contributed by atoms with Crippen LogP contribution in [0.15, 0.2) is 24.4 Å². The van der Waals surface area contributed by atoms with E-state index in [9.17, 15) is 9.18 Å². The Morgan fingerprint density at radius 1 is 1.42 bits per heavy atom. The molecule has 1 amide bonds. The molecule has 1 N–H and O–H groups in total. The zero-order valence-corrected chi connectivity index (χ0v) is 14.1. The Morgan fingerprint density at radius 2 is 2.29 bits per heavy atom. The van der Waals surface area contributed by atoms with Crippen molar-refractivity contribution in [3.63, 3.8) is 0 Å². The molecule has 1 aliphatic carbocycles. The van der Waals surface area contributed by atoms with Crippen molar-refractivity contribution >= 4 is 17.5 Å². The number of benzene rings is 1. The third-order valence-electron chi connectivity index (χ3n) is 5.44. The van der Waals surface area contributed by atoms with Crippen LogP contribution in [0.25, 0.3) is 0 Å². The van der Waals surface area contributed by atoms with Gasteiger partial charge in [-0.2, -0.15) is 5.10 Å². The van der Waals surface area contributed by atoms with Crippen molar-refractivity contribution in [3.8, 4) is 0 Å². The topological polar surface area (TPSA) is 49.0 Å². The molecule has 1 saturated heterocycles. The van der Waals surface area contributed by atoms with Crippen molar-refractivity contribution in [2.24, 2.45) is 0 Å². The van der Waals surface area contributed by atoms with Gasteiger partial charge < -0.3 is 4.90 Å². The molecule has 0 saturated carbocycles. The van der Waals surface area contributed by atoms with Crippen LogP contribution < -0.4 is 0 Å². The van der Waals surface area contributed by atoms with Gasteiger partial charge in [0.05, 0.1) is 12.6 Å². The molecule has 1 aliphatic heterocycles. The van der Waals surface area contributed by atoms with Crippen LogP contribution in [0, 0.1) is 5.82 Å².